The summed E-state index contributed by atoms with van der Waals surface area (Å²) in [6, 6.07) is 4.64. The van der Waals surface area contributed by atoms with E-state index in [0.717, 1.165) is 11.1 Å². The van der Waals surface area contributed by atoms with Crippen LogP contribution < -0.4 is 0 Å². The van der Waals surface area contributed by atoms with Crippen LogP contribution in [0.1, 0.15) is 25.0 Å². The normalized spacial score (nSPS) is 15.0. The summed E-state index contributed by atoms with van der Waals surface area (Å²) in [6.45, 7) is 5.91. The van der Waals surface area contributed by atoms with E-state index in [1.807, 2.05) is 20.8 Å². The van der Waals surface area contributed by atoms with Crippen LogP contribution in [0.15, 0.2) is 18.2 Å². The summed E-state index contributed by atoms with van der Waals surface area (Å²) in [5, 5.41) is 10.1. The summed E-state index contributed by atoms with van der Waals surface area (Å²) < 4.78 is 18.4. The highest BCUT2D eigenvalue weighted by Gasteiger charge is 2.23. The zero-order valence-corrected chi connectivity index (χ0v) is 10.9. The molecule has 96 valence electrons. The molecular weight excluding hydrogens is 219 g/mol. The van der Waals surface area contributed by atoms with Gasteiger partial charge in [0.15, 0.2) is 0 Å². The van der Waals surface area contributed by atoms with E-state index in [9.17, 15) is 9.50 Å². The van der Waals surface area contributed by atoms with E-state index in [0.29, 0.717) is 6.42 Å². The first-order valence-electron chi connectivity index (χ1n) is 5.91. The number of hydrogen-bond donors (Lipinski definition) is 1. The highest BCUT2D eigenvalue weighted by atomic mass is 19.1. The van der Waals surface area contributed by atoms with Gasteiger partial charge in [0.25, 0.3) is 0 Å². The van der Waals surface area contributed by atoms with Gasteiger partial charge in [0.1, 0.15) is 5.82 Å². The molecule has 1 aromatic carbocycles. The molecule has 0 aliphatic rings. The molecule has 17 heavy (non-hydrogen) atoms. The van der Waals surface area contributed by atoms with Gasteiger partial charge >= 0.3 is 0 Å². The maximum absolute atomic E-state index is 13.1. The number of rotatable bonds is 5. The van der Waals surface area contributed by atoms with Crippen LogP contribution in [0.2, 0.25) is 0 Å². The van der Waals surface area contributed by atoms with Crippen molar-refractivity contribution < 1.29 is 14.2 Å². The van der Waals surface area contributed by atoms with Crippen molar-refractivity contribution >= 4 is 0 Å². The van der Waals surface area contributed by atoms with Crippen LogP contribution in [0, 0.1) is 18.7 Å². The van der Waals surface area contributed by atoms with Gasteiger partial charge in [-0.1, -0.05) is 19.9 Å². The minimum absolute atomic E-state index is 0.224. The van der Waals surface area contributed by atoms with E-state index in [4.69, 9.17) is 4.74 Å². The van der Waals surface area contributed by atoms with E-state index in [-0.39, 0.29) is 17.8 Å². The summed E-state index contributed by atoms with van der Waals surface area (Å²) in [7, 11) is 1.59. The number of ether oxygens (including phenoxy) is 1. The molecule has 0 radical (unpaired) electrons. The Kier molecular flexibility index (Phi) is 5.09. The number of methoxy groups -OCH3 is 1. The zero-order chi connectivity index (χ0) is 13.0. The van der Waals surface area contributed by atoms with E-state index in [2.05, 4.69) is 0 Å². The molecule has 2 atom stereocenters. The monoisotopic (exact) mass is 240 g/mol. The Morgan fingerprint density at radius 1 is 1.35 bits per heavy atom. The Labute approximate surface area is 102 Å². The van der Waals surface area contributed by atoms with E-state index < -0.39 is 6.10 Å². The van der Waals surface area contributed by atoms with Crippen LogP contribution in [0.3, 0.4) is 0 Å². The van der Waals surface area contributed by atoms with Crippen LogP contribution in [-0.2, 0) is 11.2 Å². The average Bonchev–Trinajstić information content (AvgIpc) is 2.24. The predicted octanol–water partition coefficient (Wildman–Crippen LogP) is 2.71. The molecule has 0 bridgehead atoms. The van der Waals surface area contributed by atoms with Gasteiger partial charge in [-0.3, -0.25) is 0 Å². The van der Waals surface area contributed by atoms with E-state index in [1.54, 1.807) is 13.2 Å². The Morgan fingerprint density at radius 3 is 2.53 bits per heavy atom. The Balaban J connectivity index is 2.79. The third-order valence-corrected chi connectivity index (χ3v) is 3.05. The van der Waals surface area contributed by atoms with Gasteiger partial charge in [-0.25, -0.2) is 4.39 Å². The van der Waals surface area contributed by atoms with Crippen molar-refractivity contribution in [3.8, 4) is 0 Å². The first-order valence-corrected chi connectivity index (χ1v) is 5.91. The highest BCUT2D eigenvalue weighted by Crippen LogP contribution is 2.18. The van der Waals surface area contributed by atoms with Crippen molar-refractivity contribution in [3.05, 3.63) is 35.1 Å². The van der Waals surface area contributed by atoms with Crippen LogP contribution in [-0.4, -0.2) is 24.4 Å². The first kappa shape index (κ1) is 14.1. The van der Waals surface area contributed by atoms with Crippen molar-refractivity contribution in [2.75, 3.05) is 7.11 Å². The largest absolute Gasteiger partial charge is 0.390 e. The fourth-order valence-corrected chi connectivity index (χ4v) is 2.07. The lowest BCUT2D eigenvalue weighted by atomic mass is 9.94. The third kappa shape index (κ3) is 3.79. The van der Waals surface area contributed by atoms with Gasteiger partial charge in [-0.15, -0.1) is 0 Å². The lowest BCUT2D eigenvalue weighted by molar-refractivity contribution is -0.0368. The molecule has 0 aliphatic heterocycles. The first-order chi connectivity index (χ1) is 7.95. The maximum Gasteiger partial charge on any atom is 0.123 e. The molecule has 1 aromatic rings. The van der Waals surface area contributed by atoms with Crippen molar-refractivity contribution in [3.63, 3.8) is 0 Å². The molecule has 3 heteroatoms. The standard InChI is InChI=1S/C14H21FO2/c1-9(2)14(17-4)13(16)8-11-7-12(15)6-5-10(11)3/h5-7,9,13-14,16H,8H2,1-4H3. The van der Waals surface area contributed by atoms with Gasteiger partial charge in [-0.2, -0.15) is 0 Å². The summed E-state index contributed by atoms with van der Waals surface area (Å²) in [5.41, 5.74) is 1.82. The quantitative estimate of drug-likeness (QED) is 0.857. The van der Waals surface area contributed by atoms with Gasteiger partial charge in [0, 0.05) is 13.5 Å². The number of aryl methyl sites for hydroxylation is 1. The minimum atomic E-state index is -0.611. The molecule has 0 fully saturated rings. The van der Waals surface area contributed by atoms with Crippen LogP contribution >= 0.6 is 0 Å². The predicted molar refractivity (Wildman–Crippen MR) is 66.5 cm³/mol. The average molecular weight is 240 g/mol. The van der Waals surface area contributed by atoms with Gasteiger partial charge in [0.2, 0.25) is 0 Å². The summed E-state index contributed by atoms with van der Waals surface area (Å²) in [5.74, 6) is -0.0415. The lowest BCUT2D eigenvalue weighted by Gasteiger charge is -2.25. The number of hydrogen-bond acceptors (Lipinski definition) is 2. The van der Waals surface area contributed by atoms with Crippen LogP contribution in [0.25, 0.3) is 0 Å². The van der Waals surface area contributed by atoms with Gasteiger partial charge < -0.3 is 9.84 Å². The smallest absolute Gasteiger partial charge is 0.123 e. The molecule has 0 spiro atoms. The molecule has 0 saturated heterocycles. The highest BCUT2D eigenvalue weighted by molar-refractivity contribution is 5.27. The second kappa shape index (κ2) is 6.12. The maximum atomic E-state index is 13.1. The lowest BCUT2D eigenvalue weighted by Crippen LogP contribution is -2.34. The Hall–Kier alpha value is -0.930. The zero-order valence-electron chi connectivity index (χ0n) is 10.9. The van der Waals surface area contributed by atoms with Crippen LogP contribution in [0.5, 0.6) is 0 Å². The van der Waals surface area contributed by atoms with Gasteiger partial charge in [0.05, 0.1) is 12.2 Å². The minimum Gasteiger partial charge on any atom is -0.390 e. The number of halogens is 1. The second-order valence-corrected chi connectivity index (χ2v) is 4.79. The SMILES string of the molecule is COC(C(C)C)C(O)Cc1cc(F)ccc1C. The molecular formula is C14H21FO2. The molecule has 1 rings (SSSR count). The molecule has 0 amide bonds. The molecule has 0 heterocycles. The van der Waals surface area contributed by atoms with Crippen LogP contribution in [0.4, 0.5) is 4.39 Å². The Bertz CT molecular complexity index is 363. The summed E-state index contributed by atoms with van der Waals surface area (Å²) >= 11 is 0. The molecule has 2 unspecified atom stereocenters. The molecule has 0 aliphatic carbocycles. The molecule has 2 nitrogen and oxygen atoms in total. The fourth-order valence-electron chi connectivity index (χ4n) is 2.07. The van der Waals surface area contributed by atoms with E-state index >= 15 is 0 Å². The van der Waals surface area contributed by atoms with Crippen molar-refractivity contribution in [1.82, 2.24) is 0 Å². The topological polar surface area (TPSA) is 29.5 Å². The third-order valence-electron chi connectivity index (χ3n) is 3.05. The summed E-state index contributed by atoms with van der Waals surface area (Å²) in [4.78, 5) is 0. The summed E-state index contributed by atoms with van der Waals surface area (Å²) in [6.07, 6.45) is -0.418. The van der Waals surface area contributed by atoms with Gasteiger partial charge in [-0.05, 0) is 36.1 Å². The van der Waals surface area contributed by atoms with Crippen molar-refractivity contribution in [1.29, 1.82) is 0 Å². The number of aliphatic hydroxyl groups is 1. The number of aliphatic hydroxyl groups excluding tert-OH is 1. The Morgan fingerprint density at radius 2 is 2.00 bits per heavy atom. The van der Waals surface area contributed by atoms with Crippen molar-refractivity contribution in [2.24, 2.45) is 5.92 Å². The number of benzene rings is 1. The van der Waals surface area contributed by atoms with Crippen molar-refractivity contribution in [2.45, 2.75) is 39.4 Å². The molecule has 0 saturated carbocycles. The van der Waals surface area contributed by atoms with E-state index in [1.165, 1.54) is 12.1 Å². The molecule has 1 N–H and O–H groups in total. The second-order valence-electron chi connectivity index (χ2n) is 4.79. The molecule has 0 aromatic heterocycles. The fraction of sp³-hybridized carbons (Fsp3) is 0.571.